The van der Waals surface area contributed by atoms with Crippen molar-refractivity contribution in [2.75, 3.05) is 0 Å². The lowest BCUT2D eigenvalue weighted by Crippen LogP contribution is -2.25. The molecule has 0 aliphatic heterocycles. The standard InChI is InChI=1S/C11H11N3OS/c1-13-10(15)9(12-14(2)11(13)16)8-6-4-3-5-7-8/h3-7H,1-2H3. The Kier molecular flexibility index (Phi) is 2.70. The van der Waals surface area contributed by atoms with Gasteiger partial charge in [0.15, 0.2) is 10.5 Å². The summed E-state index contributed by atoms with van der Waals surface area (Å²) < 4.78 is 3.36. The Morgan fingerprint density at radius 1 is 1.19 bits per heavy atom. The third-order valence-corrected chi connectivity index (χ3v) is 2.91. The summed E-state index contributed by atoms with van der Waals surface area (Å²) in [6, 6.07) is 9.35. The topological polar surface area (TPSA) is 39.8 Å². The zero-order chi connectivity index (χ0) is 11.7. The molecule has 2 rings (SSSR count). The highest BCUT2D eigenvalue weighted by Gasteiger charge is 2.08. The van der Waals surface area contributed by atoms with E-state index in [0.717, 1.165) is 5.56 Å². The first kappa shape index (κ1) is 10.8. The first-order chi connectivity index (χ1) is 7.61. The molecule has 0 aliphatic carbocycles. The molecule has 0 spiro atoms. The number of rotatable bonds is 1. The van der Waals surface area contributed by atoms with Gasteiger partial charge in [0.25, 0.3) is 5.56 Å². The molecule has 0 aliphatic rings. The largest absolute Gasteiger partial charge is 0.285 e. The quantitative estimate of drug-likeness (QED) is 0.701. The summed E-state index contributed by atoms with van der Waals surface area (Å²) in [7, 11) is 3.38. The molecular weight excluding hydrogens is 222 g/mol. The number of aryl methyl sites for hydroxylation is 1. The lowest BCUT2D eigenvalue weighted by Gasteiger charge is -2.06. The van der Waals surface area contributed by atoms with Crippen LogP contribution >= 0.6 is 12.2 Å². The molecule has 1 aromatic carbocycles. The monoisotopic (exact) mass is 233 g/mol. The molecule has 0 N–H and O–H groups in total. The molecule has 5 heteroatoms. The van der Waals surface area contributed by atoms with Gasteiger partial charge in [-0.2, -0.15) is 5.10 Å². The Balaban J connectivity index is 2.78. The van der Waals surface area contributed by atoms with Crippen molar-refractivity contribution in [2.45, 2.75) is 0 Å². The Morgan fingerprint density at radius 2 is 1.81 bits per heavy atom. The first-order valence-corrected chi connectivity index (χ1v) is 5.22. The SMILES string of the molecule is Cn1nc(-c2ccccc2)c(=O)n(C)c1=S. The normalized spacial score (nSPS) is 10.4. The van der Waals surface area contributed by atoms with Gasteiger partial charge in [-0.3, -0.25) is 9.36 Å². The fraction of sp³-hybridized carbons (Fsp3) is 0.182. The maximum atomic E-state index is 12.0. The molecule has 82 valence electrons. The highest BCUT2D eigenvalue weighted by Crippen LogP contribution is 2.10. The molecule has 4 nitrogen and oxygen atoms in total. The molecule has 0 saturated carbocycles. The minimum absolute atomic E-state index is 0.172. The van der Waals surface area contributed by atoms with Gasteiger partial charge in [0.2, 0.25) is 0 Å². The van der Waals surface area contributed by atoms with Crippen LogP contribution in [0.2, 0.25) is 0 Å². The van der Waals surface area contributed by atoms with Gasteiger partial charge in [0.1, 0.15) is 0 Å². The lowest BCUT2D eigenvalue weighted by atomic mass is 10.2. The van der Waals surface area contributed by atoms with Gasteiger partial charge in [-0.05, 0) is 12.2 Å². The van der Waals surface area contributed by atoms with Gasteiger partial charge in [-0.15, -0.1) is 0 Å². The van der Waals surface area contributed by atoms with Crippen LogP contribution < -0.4 is 5.56 Å². The Morgan fingerprint density at radius 3 is 2.44 bits per heavy atom. The molecule has 0 saturated heterocycles. The Labute approximate surface area is 97.8 Å². The zero-order valence-corrected chi connectivity index (χ0v) is 9.86. The summed E-state index contributed by atoms with van der Waals surface area (Å²) in [4.78, 5) is 12.0. The predicted molar refractivity (Wildman–Crippen MR) is 64.7 cm³/mol. The van der Waals surface area contributed by atoms with Crippen molar-refractivity contribution in [2.24, 2.45) is 14.1 Å². The maximum absolute atomic E-state index is 12.0. The van der Waals surface area contributed by atoms with E-state index in [9.17, 15) is 4.79 Å². The molecule has 16 heavy (non-hydrogen) atoms. The maximum Gasteiger partial charge on any atom is 0.280 e. The molecule has 0 bridgehead atoms. The molecule has 0 amide bonds. The van der Waals surface area contributed by atoms with Crippen molar-refractivity contribution in [1.29, 1.82) is 0 Å². The molecule has 1 aromatic heterocycles. The third kappa shape index (κ3) is 1.69. The van der Waals surface area contributed by atoms with E-state index < -0.39 is 0 Å². The molecule has 0 radical (unpaired) electrons. The molecular formula is C11H11N3OS. The van der Waals surface area contributed by atoms with Crippen LogP contribution in [0.1, 0.15) is 0 Å². The van der Waals surface area contributed by atoms with Gasteiger partial charge in [-0.25, -0.2) is 4.68 Å². The van der Waals surface area contributed by atoms with Gasteiger partial charge in [0.05, 0.1) is 0 Å². The second kappa shape index (κ2) is 4.02. The highest BCUT2D eigenvalue weighted by molar-refractivity contribution is 7.71. The summed E-state index contributed by atoms with van der Waals surface area (Å²) in [6.07, 6.45) is 0. The Hall–Kier alpha value is -1.75. The van der Waals surface area contributed by atoms with E-state index in [-0.39, 0.29) is 5.56 Å². The van der Waals surface area contributed by atoms with Crippen LogP contribution in [-0.2, 0) is 14.1 Å². The van der Waals surface area contributed by atoms with Crippen LogP contribution in [0.15, 0.2) is 35.1 Å². The van der Waals surface area contributed by atoms with Crippen LogP contribution in [-0.4, -0.2) is 14.3 Å². The van der Waals surface area contributed by atoms with E-state index in [0.29, 0.717) is 10.5 Å². The lowest BCUT2D eigenvalue weighted by molar-refractivity contribution is 0.632. The summed E-state index contributed by atoms with van der Waals surface area (Å²) in [5.41, 5.74) is 1.04. The van der Waals surface area contributed by atoms with E-state index in [1.165, 1.54) is 9.25 Å². The van der Waals surface area contributed by atoms with Gasteiger partial charge >= 0.3 is 0 Å². The summed E-state index contributed by atoms with van der Waals surface area (Å²) in [6.45, 7) is 0. The Bertz CT molecular complexity index is 628. The van der Waals surface area contributed by atoms with Crippen molar-refractivity contribution in [3.63, 3.8) is 0 Å². The fourth-order valence-corrected chi connectivity index (χ4v) is 1.60. The number of hydrogen-bond acceptors (Lipinski definition) is 3. The minimum atomic E-state index is -0.172. The number of benzene rings is 1. The predicted octanol–water partition coefficient (Wildman–Crippen LogP) is 1.52. The number of aromatic nitrogens is 3. The zero-order valence-electron chi connectivity index (χ0n) is 9.04. The number of nitrogens with zero attached hydrogens (tertiary/aromatic N) is 3. The average Bonchev–Trinajstić information content (AvgIpc) is 2.32. The summed E-state index contributed by atoms with van der Waals surface area (Å²) in [5, 5.41) is 4.18. The van der Waals surface area contributed by atoms with Crippen LogP contribution in [0.5, 0.6) is 0 Å². The second-order valence-corrected chi connectivity index (χ2v) is 3.85. The molecule has 0 atom stereocenters. The van der Waals surface area contributed by atoms with Crippen molar-refractivity contribution in [1.82, 2.24) is 14.3 Å². The van der Waals surface area contributed by atoms with Gasteiger partial charge < -0.3 is 0 Å². The van der Waals surface area contributed by atoms with Gasteiger partial charge in [0, 0.05) is 19.7 Å². The summed E-state index contributed by atoms with van der Waals surface area (Å²) in [5.74, 6) is 0. The van der Waals surface area contributed by atoms with Crippen LogP contribution in [0, 0.1) is 4.77 Å². The highest BCUT2D eigenvalue weighted by atomic mass is 32.1. The van der Waals surface area contributed by atoms with E-state index in [2.05, 4.69) is 5.10 Å². The first-order valence-electron chi connectivity index (χ1n) is 4.81. The van der Waals surface area contributed by atoms with Crippen LogP contribution in [0.4, 0.5) is 0 Å². The van der Waals surface area contributed by atoms with Gasteiger partial charge in [-0.1, -0.05) is 30.3 Å². The molecule has 0 unspecified atom stereocenters. The fourth-order valence-electron chi connectivity index (χ4n) is 1.48. The average molecular weight is 233 g/mol. The second-order valence-electron chi connectivity index (χ2n) is 3.48. The van der Waals surface area contributed by atoms with Crippen molar-refractivity contribution >= 4 is 12.2 Å². The number of hydrogen-bond donors (Lipinski definition) is 0. The smallest absolute Gasteiger partial charge is 0.280 e. The minimum Gasteiger partial charge on any atom is -0.285 e. The van der Waals surface area contributed by atoms with E-state index >= 15 is 0 Å². The molecule has 2 aromatic rings. The van der Waals surface area contributed by atoms with E-state index in [1.807, 2.05) is 30.3 Å². The third-order valence-electron chi connectivity index (χ3n) is 2.37. The van der Waals surface area contributed by atoms with E-state index in [1.54, 1.807) is 14.1 Å². The summed E-state index contributed by atoms with van der Waals surface area (Å²) >= 11 is 5.05. The van der Waals surface area contributed by atoms with Crippen LogP contribution in [0.3, 0.4) is 0 Å². The molecule has 1 heterocycles. The van der Waals surface area contributed by atoms with E-state index in [4.69, 9.17) is 12.2 Å². The van der Waals surface area contributed by atoms with Crippen molar-refractivity contribution in [3.05, 3.63) is 45.5 Å². The van der Waals surface area contributed by atoms with Crippen LogP contribution in [0.25, 0.3) is 11.3 Å². The van der Waals surface area contributed by atoms with Crippen molar-refractivity contribution in [3.8, 4) is 11.3 Å². The molecule has 0 fully saturated rings. The van der Waals surface area contributed by atoms with Crippen molar-refractivity contribution < 1.29 is 0 Å².